The summed E-state index contributed by atoms with van der Waals surface area (Å²) in [7, 11) is 0. The molecule has 4 heteroatoms. The van der Waals surface area contributed by atoms with Crippen molar-refractivity contribution in [3.8, 4) is 0 Å². The minimum atomic E-state index is 0.0955. The fourth-order valence-electron chi connectivity index (χ4n) is 3.34. The summed E-state index contributed by atoms with van der Waals surface area (Å²) >= 11 is 0. The number of carbonyl (C=O) groups excluding carboxylic acids is 1. The van der Waals surface area contributed by atoms with E-state index in [1.165, 1.54) is 18.4 Å². The summed E-state index contributed by atoms with van der Waals surface area (Å²) in [6, 6.07) is 16.4. The summed E-state index contributed by atoms with van der Waals surface area (Å²) < 4.78 is 0. The quantitative estimate of drug-likeness (QED) is 0.763. The number of nitrogen functional groups attached to an aromatic ring is 1. The number of nitrogens with zero attached hydrogens (tertiary/aromatic N) is 1. The maximum Gasteiger partial charge on any atom is 0.220 e. The van der Waals surface area contributed by atoms with E-state index in [1.54, 1.807) is 0 Å². The van der Waals surface area contributed by atoms with E-state index < -0.39 is 0 Å². The largest absolute Gasteiger partial charge is 0.397 e. The molecule has 1 fully saturated rings. The first-order chi connectivity index (χ1) is 12.2. The van der Waals surface area contributed by atoms with Crippen molar-refractivity contribution in [1.82, 2.24) is 5.32 Å². The lowest BCUT2D eigenvalue weighted by atomic mass is 10.1. The van der Waals surface area contributed by atoms with Crippen molar-refractivity contribution in [2.45, 2.75) is 32.1 Å². The Morgan fingerprint density at radius 2 is 1.76 bits per heavy atom. The third-order valence-corrected chi connectivity index (χ3v) is 4.76. The number of aryl methyl sites for hydroxylation is 1. The van der Waals surface area contributed by atoms with Crippen molar-refractivity contribution < 1.29 is 4.79 Å². The number of hydrogen-bond donors (Lipinski definition) is 2. The van der Waals surface area contributed by atoms with Gasteiger partial charge in [-0.25, -0.2) is 0 Å². The van der Waals surface area contributed by atoms with E-state index in [4.69, 9.17) is 5.73 Å². The van der Waals surface area contributed by atoms with Gasteiger partial charge < -0.3 is 16.0 Å². The normalized spacial score (nSPS) is 13.8. The summed E-state index contributed by atoms with van der Waals surface area (Å²) in [6.45, 7) is 2.86. The lowest BCUT2D eigenvalue weighted by Crippen LogP contribution is -2.25. The lowest BCUT2D eigenvalue weighted by molar-refractivity contribution is -0.121. The van der Waals surface area contributed by atoms with Gasteiger partial charge in [0.05, 0.1) is 11.4 Å². The number of rotatable bonds is 7. The Kier molecular flexibility index (Phi) is 5.94. The van der Waals surface area contributed by atoms with Crippen molar-refractivity contribution in [2.24, 2.45) is 0 Å². The summed E-state index contributed by atoms with van der Waals surface area (Å²) in [5.41, 5.74) is 10.5. The van der Waals surface area contributed by atoms with Crippen LogP contribution in [0.2, 0.25) is 0 Å². The molecule has 0 unspecified atom stereocenters. The Bertz CT molecular complexity index is 694. The predicted molar refractivity (Wildman–Crippen MR) is 104 cm³/mol. The summed E-state index contributed by atoms with van der Waals surface area (Å²) in [6.07, 6.45) is 4.57. The minimum absolute atomic E-state index is 0.0955. The first-order valence-electron chi connectivity index (χ1n) is 9.16. The molecule has 2 aromatic rings. The van der Waals surface area contributed by atoms with Gasteiger partial charge in [-0.2, -0.15) is 0 Å². The molecule has 1 heterocycles. The molecule has 0 bridgehead atoms. The van der Waals surface area contributed by atoms with Gasteiger partial charge in [0.1, 0.15) is 0 Å². The Morgan fingerprint density at radius 3 is 2.48 bits per heavy atom. The Balaban J connectivity index is 1.43. The molecule has 3 rings (SSSR count). The molecular formula is C21H27N3O. The highest BCUT2D eigenvalue weighted by molar-refractivity contribution is 5.76. The van der Waals surface area contributed by atoms with Crippen LogP contribution in [0.4, 0.5) is 11.4 Å². The van der Waals surface area contributed by atoms with Crippen LogP contribution in [0.5, 0.6) is 0 Å². The van der Waals surface area contributed by atoms with Crippen LogP contribution in [0.25, 0.3) is 0 Å². The molecule has 1 aliphatic heterocycles. The van der Waals surface area contributed by atoms with Gasteiger partial charge in [0.15, 0.2) is 0 Å². The summed E-state index contributed by atoms with van der Waals surface area (Å²) in [5.74, 6) is 0.0955. The highest BCUT2D eigenvalue weighted by atomic mass is 16.1. The zero-order valence-electron chi connectivity index (χ0n) is 14.7. The summed E-state index contributed by atoms with van der Waals surface area (Å²) in [5, 5.41) is 2.99. The SMILES string of the molecule is Nc1cc(CCC(=O)NCCc2ccccc2)ccc1N1CCCC1. The molecule has 0 radical (unpaired) electrons. The van der Waals surface area contributed by atoms with Crippen LogP contribution in [-0.2, 0) is 17.6 Å². The Labute approximate surface area is 150 Å². The van der Waals surface area contributed by atoms with Crippen LogP contribution in [0, 0.1) is 0 Å². The molecule has 2 aromatic carbocycles. The molecule has 0 aliphatic carbocycles. The van der Waals surface area contributed by atoms with Crippen LogP contribution in [0.15, 0.2) is 48.5 Å². The highest BCUT2D eigenvalue weighted by Gasteiger charge is 2.15. The van der Waals surface area contributed by atoms with Gasteiger partial charge in [0.25, 0.3) is 0 Å². The molecule has 3 N–H and O–H groups in total. The average Bonchev–Trinajstić information content (AvgIpc) is 3.15. The molecule has 0 saturated carbocycles. The van der Waals surface area contributed by atoms with Crippen molar-refractivity contribution in [3.05, 3.63) is 59.7 Å². The van der Waals surface area contributed by atoms with Gasteiger partial charge in [-0.1, -0.05) is 36.4 Å². The zero-order chi connectivity index (χ0) is 17.5. The van der Waals surface area contributed by atoms with Gasteiger partial charge in [0, 0.05) is 26.1 Å². The van der Waals surface area contributed by atoms with E-state index in [2.05, 4.69) is 34.5 Å². The van der Waals surface area contributed by atoms with E-state index in [0.717, 1.165) is 42.9 Å². The first-order valence-corrected chi connectivity index (χ1v) is 9.16. The predicted octanol–water partition coefficient (Wildman–Crippen LogP) is 3.16. The molecule has 132 valence electrons. The fraction of sp³-hybridized carbons (Fsp3) is 0.381. The van der Waals surface area contributed by atoms with E-state index >= 15 is 0 Å². The van der Waals surface area contributed by atoms with Gasteiger partial charge in [-0.3, -0.25) is 4.79 Å². The van der Waals surface area contributed by atoms with Crippen molar-refractivity contribution in [1.29, 1.82) is 0 Å². The molecule has 25 heavy (non-hydrogen) atoms. The van der Waals surface area contributed by atoms with Crippen LogP contribution >= 0.6 is 0 Å². The van der Waals surface area contributed by atoms with E-state index in [1.807, 2.05) is 24.3 Å². The molecule has 0 atom stereocenters. The molecule has 0 spiro atoms. The van der Waals surface area contributed by atoms with Gasteiger partial charge >= 0.3 is 0 Å². The van der Waals surface area contributed by atoms with Crippen LogP contribution in [-0.4, -0.2) is 25.5 Å². The van der Waals surface area contributed by atoms with Crippen LogP contribution in [0.3, 0.4) is 0 Å². The number of amides is 1. The summed E-state index contributed by atoms with van der Waals surface area (Å²) in [4.78, 5) is 14.4. The minimum Gasteiger partial charge on any atom is -0.397 e. The topological polar surface area (TPSA) is 58.4 Å². The van der Waals surface area contributed by atoms with E-state index in [9.17, 15) is 4.79 Å². The average molecular weight is 337 g/mol. The molecule has 4 nitrogen and oxygen atoms in total. The van der Waals surface area contributed by atoms with Gasteiger partial charge in [0.2, 0.25) is 5.91 Å². The lowest BCUT2D eigenvalue weighted by Gasteiger charge is -2.20. The van der Waals surface area contributed by atoms with Crippen LogP contribution in [0.1, 0.15) is 30.4 Å². The molecule has 0 aromatic heterocycles. The molecule has 1 aliphatic rings. The first kappa shape index (κ1) is 17.3. The molecule has 1 saturated heterocycles. The fourth-order valence-corrected chi connectivity index (χ4v) is 3.34. The Morgan fingerprint density at radius 1 is 1.00 bits per heavy atom. The van der Waals surface area contributed by atoms with Crippen LogP contribution < -0.4 is 16.0 Å². The highest BCUT2D eigenvalue weighted by Crippen LogP contribution is 2.27. The second-order valence-corrected chi connectivity index (χ2v) is 6.67. The van der Waals surface area contributed by atoms with Crippen molar-refractivity contribution in [3.63, 3.8) is 0 Å². The van der Waals surface area contributed by atoms with Gasteiger partial charge in [-0.05, 0) is 48.9 Å². The second-order valence-electron chi connectivity index (χ2n) is 6.67. The number of nitrogens with one attached hydrogen (secondary N) is 1. The number of nitrogens with two attached hydrogens (primary N) is 1. The number of anilines is 2. The third kappa shape index (κ3) is 4.99. The van der Waals surface area contributed by atoms with Crippen molar-refractivity contribution >= 4 is 17.3 Å². The smallest absolute Gasteiger partial charge is 0.220 e. The molecular weight excluding hydrogens is 310 g/mol. The number of hydrogen-bond acceptors (Lipinski definition) is 3. The third-order valence-electron chi connectivity index (χ3n) is 4.76. The van der Waals surface area contributed by atoms with Crippen molar-refractivity contribution in [2.75, 3.05) is 30.3 Å². The van der Waals surface area contributed by atoms with Gasteiger partial charge in [-0.15, -0.1) is 0 Å². The standard InChI is InChI=1S/C21H27N3O/c22-19-16-18(8-10-20(19)24-14-4-5-15-24)9-11-21(25)23-13-12-17-6-2-1-3-7-17/h1-3,6-8,10,16H,4-5,9,11-15,22H2,(H,23,25). The number of benzene rings is 2. The molecule has 1 amide bonds. The number of carbonyl (C=O) groups is 1. The van der Waals surface area contributed by atoms with E-state index in [-0.39, 0.29) is 5.91 Å². The monoisotopic (exact) mass is 337 g/mol. The second kappa shape index (κ2) is 8.56. The maximum atomic E-state index is 12.0. The van der Waals surface area contributed by atoms with E-state index in [0.29, 0.717) is 13.0 Å². The zero-order valence-corrected chi connectivity index (χ0v) is 14.7. The maximum absolute atomic E-state index is 12.0. The Hall–Kier alpha value is -2.49.